The number of halogens is 1. The number of hydrogen-bond acceptors (Lipinski definition) is 11. The Hall–Kier alpha value is -3.32. The van der Waals surface area contributed by atoms with Gasteiger partial charge in [0.15, 0.2) is 29.4 Å². The number of alkyl halides is 1. The van der Waals surface area contributed by atoms with Gasteiger partial charge in [-0.25, -0.2) is 14.5 Å². The van der Waals surface area contributed by atoms with Gasteiger partial charge in [-0.1, -0.05) is 18.2 Å². The van der Waals surface area contributed by atoms with Crippen molar-refractivity contribution in [1.82, 2.24) is 24.6 Å². The second-order valence-electron chi connectivity index (χ2n) is 10.1. The molecule has 0 radical (unpaired) electrons. The summed E-state index contributed by atoms with van der Waals surface area (Å²) in [7, 11) is -3.82. The average Bonchev–Trinajstić information content (AvgIpc) is 3.46. The molecule has 224 valence electrons. The van der Waals surface area contributed by atoms with Crippen LogP contribution < -0.4 is 20.3 Å². The summed E-state index contributed by atoms with van der Waals surface area (Å²) in [4.78, 5) is 25.0. The molecular formula is C26H36FN6O7P. The lowest BCUT2D eigenvalue weighted by molar-refractivity contribution is -0.149. The van der Waals surface area contributed by atoms with E-state index in [4.69, 9.17) is 29.2 Å². The van der Waals surface area contributed by atoms with Gasteiger partial charge < -0.3 is 29.2 Å². The Labute approximate surface area is 237 Å². The van der Waals surface area contributed by atoms with E-state index in [-0.39, 0.29) is 43.0 Å². The summed E-state index contributed by atoms with van der Waals surface area (Å²) >= 11 is 0. The average molecular weight is 595 g/mol. The fourth-order valence-corrected chi connectivity index (χ4v) is 6.01. The number of nitrogens with zero attached hydrogens (tertiary/aromatic N) is 4. The second kappa shape index (κ2) is 12.7. The zero-order valence-electron chi connectivity index (χ0n) is 23.7. The highest BCUT2D eigenvalue weighted by Crippen LogP contribution is 2.47. The van der Waals surface area contributed by atoms with Crippen molar-refractivity contribution >= 4 is 30.6 Å². The molecule has 15 heteroatoms. The molecule has 1 aromatic carbocycles. The molecule has 0 saturated carbocycles. The van der Waals surface area contributed by atoms with Gasteiger partial charge in [0.2, 0.25) is 11.8 Å². The van der Waals surface area contributed by atoms with Gasteiger partial charge >= 0.3 is 13.5 Å². The second-order valence-corrected chi connectivity index (χ2v) is 12.3. The van der Waals surface area contributed by atoms with Crippen molar-refractivity contribution in [3.8, 4) is 11.6 Å². The number of fused-ring (bicyclic) bond motifs is 1. The predicted octanol–water partition coefficient (Wildman–Crippen LogP) is 4.00. The van der Waals surface area contributed by atoms with Gasteiger partial charge in [-0.15, -0.1) is 0 Å². The van der Waals surface area contributed by atoms with Crippen molar-refractivity contribution in [1.29, 1.82) is 0 Å². The van der Waals surface area contributed by atoms with E-state index in [1.165, 1.54) is 24.7 Å². The van der Waals surface area contributed by atoms with Gasteiger partial charge in [-0.05, 0) is 46.8 Å². The van der Waals surface area contributed by atoms with Gasteiger partial charge in [0.25, 0.3) is 0 Å². The topological polar surface area (TPSA) is 162 Å². The van der Waals surface area contributed by atoms with Gasteiger partial charge in [0.05, 0.1) is 31.7 Å². The molecule has 3 N–H and O–H groups in total. The van der Waals surface area contributed by atoms with Crippen LogP contribution in [0, 0.1) is 0 Å². The first kappa shape index (κ1) is 30.6. The minimum Gasteiger partial charge on any atom is -0.482 e. The van der Waals surface area contributed by atoms with Crippen LogP contribution in [0.15, 0.2) is 36.7 Å². The summed E-state index contributed by atoms with van der Waals surface area (Å²) in [5.41, 5.74) is 4.54. The van der Waals surface area contributed by atoms with Crippen LogP contribution in [-0.4, -0.2) is 69.0 Å². The van der Waals surface area contributed by atoms with Crippen molar-refractivity contribution in [3.05, 3.63) is 36.7 Å². The highest BCUT2D eigenvalue weighted by atomic mass is 31.2. The Morgan fingerprint density at radius 3 is 2.68 bits per heavy atom. The Morgan fingerprint density at radius 2 is 2.00 bits per heavy atom. The molecule has 13 nitrogen and oxygen atoms in total. The molecule has 0 amide bonds. The van der Waals surface area contributed by atoms with Crippen LogP contribution in [0.3, 0.4) is 0 Å². The number of rotatable bonds is 13. The minimum atomic E-state index is -3.82. The molecule has 41 heavy (non-hydrogen) atoms. The number of nitrogens with two attached hydrogens (primary N) is 1. The first-order valence-corrected chi connectivity index (χ1v) is 15.1. The molecular weight excluding hydrogens is 558 g/mol. The number of aromatic nitrogens is 4. The fraction of sp³-hybridized carbons (Fsp3) is 0.538. The number of benzene rings is 1. The highest BCUT2D eigenvalue weighted by Gasteiger charge is 2.48. The Kier molecular flexibility index (Phi) is 9.48. The Bertz CT molecular complexity index is 1390. The zero-order chi connectivity index (χ0) is 29.8. The lowest BCUT2D eigenvalue weighted by Gasteiger charge is -2.25. The summed E-state index contributed by atoms with van der Waals surface area (Å²) in [6.45, 7) is 8.19. The molecule has 1 unspecified atom stereocenters. The number of carbonyl (C=O) groups is 1. The molecule has 1 fully saturated rings. The zero-order valence-corrected chi connectivity index (χ0v) is 24.5. The molecule has 2 aromatic heterocycles. The lowest BCUT2D eigenvalue weighted by Crippen LogP contribution is -2.36. The predicted molar refractivity (Wildman–Crippen MR) is 148 cm³/mol. The van der Waals surface area contributed by atoms with E-state index in [2.05, 4.69) is 20.0 Å². The number of para-hydroxylation sites is 1. The Morgan fingerprint density at radius 1 is 1.27 bits per heavy atom. The number of esters is 1. The molecule has 3 heterocycles. The van der Waals surface area contributed by atoms with Crippen molar-refractivity contribution in [3.63, 3.8) is 0 Å². The van der Waals surface area contributed by atoms with Crippen LogP contribution in [0.1, 0.15) is 47.3 Å². The molecule has 1 aliphatic rings. The molecule has 0 spiro atoms. The van der Waals surface area contributed by atoms with Gasteiger partial charge in [0, 0.05) is 6.42 Å². The van der Waals surface area contributed by atoms with E-state index in [0.29, 0.717) is 17.9 Å². The van der Waals surface area contributed by atoms with Crippen molar-refractivity contribution < 1.29 is 37.2 Å². The highest BCUT2D eigenvalue weighted by molar-refractivity contribution is 7.56. The lowest BCUT2D eigenvalue weighted by atomic mass is 10.0. The van der Waals surface area contributed by atoms with Gasteiger partial charge in [-0.2, -0.15) is 9.97 Å². The van der Waals surface area contributed by atoms with E-state index >= 15 is 4.39 Å². The standard InChI is InChI=1S/C26H36FN6O7P/c1-6-36-22-20-21(30-25(28)31-22)33(14-29-20)24-26(5,27)12-19(40-24)13-38-41(35,15-37-18-10-8-7-9-11-18)32-17(4)23(34)39-16(2)3/h7-11,14,16-17,19,24H,6,12-13,15H2,1-5H3,(H,32,35)(H2,28,30,31)/t17-,19-,24+,26+,41?/m0/s1. The molecule has 5 atom stereocenters. The summed E-state index contributed by atoms with van der Waals surface area (Å²) in [6.07, 6.45) is -1.39. The van der Waals surface area contributed by atoms with Crippen LogP contribution in [0.25, 0.3) is 11.2 Å². The number of nitrogen functional groups attached to an aromatic ring is 1. The number of nitrogens with one attached hydrogen (secondary N) is 1. The quantitative estimate of drug-likeness (QED) is 0.216. The minimum absolute atomic E-state index is 0.0586. The van der Waals surface area contributed by atoms with E-state index in [0.717, 1.165) is 0 Å². The smallest absolute Gasteiger partial charge is 0.323 e. The number of carbonyl (C=O) groups excluding carboxylic acids is 1. The third-order valence-corrected chi connectivity index (χ3v) is 7.93. The summed E-state index contributed by atoms with van der Waals surface area (Å²) in [6, 6.07) is 7.77. The van der Waals surface area contributed by atoms with E-state index in [9.17, 15) is 9.36 Å². The monoisotopic (exact) mass is 594 g/mol. The Balaban J connectivity index is 1.50. The molecule has 3 aromatic rings. The van der Waals surface area contributed by atoms with E-state index in [1.54, 1.807) is 45.0 Å². The maximum Gasteiger partial charge on any atom is 0.323 e. The number of ether oxygens (including phenoxy) is 4. The van der Waals surface area contributed by atoms with Crippen LogP contribution >= 0.6 is 7.52 Å². The maximum atomic E-state index is 15.9. The van der Waals surface area contributed by atoms with Crippen molar-refractivity contribution in [2.45, 2.75) is 71.2 Å². The largest absolute Gasteiger partial charge is 0.482 e. The number of imidazole rings is 1. The van der Waals surface area contributed by atoms with Crippen LogP contribution in [-0.2, 0) is 23.4 Å². The van der Waals surface area contributed by atoms with Crippen LogP contribution in [0.2, 0.25) is 0 Å². The molecule has 0 bridgehead atoms. The van der Waals surface area contributed by atoms with Crippen molar-refractivity contribution in [2.24, 2.45) is 0 Å². The summed E-state index contributed by atoms with van der Waals surface area (Å²) in [5, 5.41) is 2.73. The summed E-state index contributed by atoms with van der Waals surface area (Å²) < 4.78 is 59.4. The van der Waals surface area contributed by atoms with E-state index in [1.807, 2.05) is 6.07 Å². The van der Waals surface area contributed by atoms with Crippen LogP contribution in [0.5, 0.6) is 11.6 Å². The van der Waals surface area contributed by atoms with Crippen molar-refractivity contribution in [2.75, 3.05) is 25.3 Å². The van der Waals surface area contributed by atoms with Gasteiger partial charge in [-0.3, -0.25) is 13.9 Å². The third-order valence-electron chi connectivity index (χ3n) is 6.11. The first-order valence-electron chi connectivity index (χ1n) is 13.3. The van der Waals surface area contributed by atoms with Crippen LogP contribution in [0.4, 0.5) is 10.3 Å². The molecule has 4 rings (SSSR count). The SMILES string of the molecule is CCOc1nc(N)nc2c1ncn2[C@@H]1O[C@H](COP(=O)(COc2ccccc2)N[C@@H](C)C(=O)OC(C)C)C[C@@]1(C)F. The third kappa shape index (κ3) is 7.50. The van der Waals surface area contributed by atoms with Gasteiger partial charge in [0.1, 0.15) is 11.8 Å². The van der Waals surface area contributed by atoms with E-state index < -0.39 is 37.5 Å². The molecule has 0 aliphatic carbocycles. The fourth-order valence-electron chi connectivity index (χ4n) is 4.36. The molecule has 1 aliphatic heterocycles. The summed E-state index contributed by atoms with van der Waals surface area (Å²) in [5.74, 6) is -0.0140. The molecule has 1 saturated heterocycles. The first-order chi connectivity index (χ1) is 19.4. The number of hydrogen-bond donors (Lipinski definition) is 2. The number of anilines is 1. The maximum absolute atomic E-state index is 15.9. The normalized spacial score (nSPS) is 22.9.